The number of rotatable bonds is 6. The van der Waals surface area contributed by atoms with Crippen molar-refractivity contribution in [1.82, 2.24) is 4.90 Å². The van der Waals surface area contributed by atoms with Gasteiger partial charge in [0.15, 0.2) is 0 Å². The quantitative estimate of drug-likeness (QED) is 0.849. The zero-order chi connectivity index (χ0) is 17.2. The molecule has 2 saturated heterocycles. The lowest BCUT2D eigenvalue weighted by atomic mass is 9.81. The first-order chi connectivity index (χ1) is 11.5. The summed E-state index contributed by atoms with van der Waals surface area (Å²) in [7, 11) is 1.59. The third kappa shape index (κ3) is 3.18. The number of aliphatic hydroxyl groups is 1. The van der Waals surface area contributed by atoms with Crippen LogP contribution >= 0.6 is 0 Å². The van der Waals surface area contributed by atoms with Gasteiger partial charge < -0.3 is 19.5 Å². The van der Waals surface area contributed by atoms with Gasteiger partial charge in [-0.1, -0.05) is 12.1 Å². The first-order valence-corrected chi connectivity index (χ1v) is 8.24. The fourth-order valence-electron chi connectivity index (χ4n) is 3.70. The van der Waals surface area contributed by atoms with Crippen molar-refractivity contribution >= 4 is 5.91 Å². The Balaban J connectivity index is 1.69. The van der Waals surface area contributed by atoms with Crippen molar-refractivity contribution < 1.29 is 23.8 Å². The summed E-state index contributed by atoms with van der Waals surface area (Å²) in [5.41, 5.74) is 0.0287. The fraction of sp³-hybridized carbons (Fsp3) is 0.611. The molecule has 1 atom stereocenters. The number of aliphatic hydroxyl groups excluding tert-OH is 1. The molecule has 1 aromatic rings. The minimum absolute atomic E-state index is 0.00192. The molecule has 132 valence electrons. The molecule has 5 nitrogen and oxygen atoms in total. The molecule has 0 aliphatic carbocycles. The highest BCUT2D eigenvalue weighted by atomic mass is 19.1. The number of carbonyl (C=O) groups excluding carboxylic acids is 1. The van der Waals surface area contributed by atoms with Crippen LogP contribution in [0.25, 0.3) is 0 Å². The molecular formula is C18H24FNO4. The van der Waals surface area contributed by atoms with Gasteiger partial charge in [0.2, 0.25) is 5.91 Å². The van der Waals surface area contributed by atoms with Gasteiger partial charge in [-0.3, -0.25) is 4.79 Å². The van der Waals surface area contributed by atoms with Crippen LogP contribution in [0.15, 0.2) is 24.3 Å². The highest BCUT2D eigenvalue weighted by molar-refractivity contribution is 5.84. The molecule has 2 aliphatic rings. The lowest BCUT2D eigenvalue weighted by Gasteiger charge is -2.42. The lowest BCUT2D eigenvalue weighted by Crippen LogP contribution is -2.57. The molecule has 2 fully saturated rings. The van der Waals surface area contributed by atoms with Crippen molar-refractivity contribution in [2.24, 2.45) is 10.8 Å². The van der Waals surface area contributed by atoms with Gasteiger partial charge in [0.05, 0.1) is 26.4 Å². The third-order valence-corrected chi connectivity index (χ3v) is 5.18. The number of hydrogen-bond acceptors (Lipinski definition) is 4. The molecule has 1 N–H and O–H groups in total. The van der Waals surface area contributed by atoms with Gasteiger partial charge in [0.25, 0.3) is 0 Å². The zero-order valence-electron chi connectivity index (χ0n) is 14.0. The number of nitrogens with zero attached hydrogens (tertiary/aromatic N) is 1. The average molecular weight is 337 g/mol. The van der Waals surface area contributed by atoms with E-state index in [1.54, 1.807) is 19.2 Å². The van der Waals surface area contributed by atoms with Gasteiger partial charge in [-0.05, 0) is 30.5 Å². The lowest BCUT2D eigenvalue weighted by molar-refractivity contribution is -0.182. The van der Waals surface area contributed by atoms with E-state index in [0.717, 1.165) is 12.0 Å². The molecule has 6 heteroatoms. The zero-order valence-corrected chi connectivity index (χ0v) is 14.0. The van der Waals surface area contributed by atoms with Gasteiger partial charge in [0.1, 0.15) is 11.2 Å². The molecule has 2 heterocycles. The van der Waals surface area contributed by atoms with E-state index in [1.165, 1.54) is 12.1 Å². The van der Waals surface area contributed by atoms with E-state index in [-0.39, 0.29) is 23.7 Å². The van der Waals surface area contributed by atoms with Crippen molar-refractivity contribution in [2.45, 2.75) is 12.8 Å². The van der Waals surface area contributed by atoms with E-state index in [0.29, 0.717) is 39.3 Å². The Morgan fingerprint density at radius 1 is 1.38 bits per heavy atom. The molecule has 2 aliphatic heterocycles. The SMILES string of the molecule is COCC1(C(=O)N2CCC(CO)(Cc3ccc(F)cc3)C2)COC1. The molecule has 0 saturated carbocycles. The van der Waals surface area contributed by atoms with Crippen molar-refractivity contribution in [3.63, 3.8) is 0 Å². The second kappa shape index (κ2) is 6.78. The number of likely N-dealkylation sites (tertiary alicyclic amines) is 1. The Morgan fingerprint density at radius 2 is 2.08 bits per heavy atom. The normalized spacial score (nSPS) is 25.5. The molecule has 24 heavy (non-hydrogen) atoms. The van der Waals surface area contributed by atoms with Crippen molar-refractivity contribution in [1.29, 1.82) is 0 Å². The summed E-state index contributed by atoms with van der Waals surface area (Å²) in [5.74, 6) is -0.225. The smallest absolute Gasteiger partial charge is 0.235 e. The minimum atomic E-state index is -0.573. The van der Waals surface area contributed by atoms with Crippen LogP contribution < -0.4 is 0 Å². The van der Waals surface area contributed by atoms with Crippen LogP contribution in [0.2, 0.25) is 0 Å². The minimum Gasteiger partial charge on any atom is -0.396 e. The second-order valence-electron chi connectivity index (χ2n) is 7.14. The summed E-state index contributed by atoms with van der Waals surface area (Å²) >= 11 is 0. The fourth-order valence-corrected chi connectivity index (χ4v) is 3.70. The van der Waals surface area contributed by atoms with Crippen LogP contribution in [0.3, 0.4) is 0 Å². The number of carbonyl (C=O) groups is 1. The van der Waals surface area contributed by atoms with Crippen LogP contribution in [0.1, 0.15) is 12.0 Å². The monoisotopic (exact) mass is 337 g/mol. The Morgan fingerprint density at radius 3 is 2.62 bits per heavy atom. The van der Waals surface area contributed by atoms with Gasteiger partial charge >= 0.3 is 0 Å². The van der Waals surface area contributed by atoms with E-state index in [2.05, 4.69) is 0 Å². The summed E-state index contributed by atoms with van der Waals surface area (Å²) in [5, 5.41) is 9.95. The van der Waals surface area contributed by atoms with Crippen molar-refractivity contribution in [2.75, 3.05) is 46.6 Å². The summed E-state index contributed by atoms with van der Waals surface area (Å²) in [6.45, 7) is 2.26. The average Bonchev–Trinajstić information content (AvgIpc) is 2.97. The summed E-state index contributed by atoms with van der Waals surface area (Å²) < 4.78 is 23.5. The van der Waals surface area contributed by atoms with Crippen LogP contribution in [0.4, 0.5) is 4.39 Å². The largest absolute Gasteiger partial charge is 0.396 e. The molecule has 0 aromatic heterocycles. The van der Waals surface area contributed by atoms with Gasteiger partial charge in [-0.2, -0.15) is 0 Å². The maximum atomic E-state index is 13.1. The summed E-state index contributed by atoms with van der Waals surface area (Å²) in [6, 6.07) is 6.34. The predicted molar refractivity (Wildman–Crippen MR) is 85.9 cm³/mol. The highest BCUT2D eigenvalue weighted by Crippen LogP contribution is 2.38. The number of halogens is 1. The Hall–Kier alpha value is -1.50. The molecule has 0 bridgehead atoms. The number of amides is 1. The molecular weight excluding hydrogens is 313 g/mol. The number of methoxy groups -OCH3 is 1. The maximum absolute atomic E-state index is 13.1. The van der Waals surface area contributed by atoms with Gasteiger partial charge in [-0.25, -0.2) is 4.39 Å². The highest BCUT2D eigenvalue weighted by Gasteiger charge is 2.51. The molecule has 0 radical (unpaired) electrons. The number of ether oxygens (including phenoxy) is 2. The molecule has 1 aromatic carbocycles. The van der Waals surface area contributed by atoms with Gasteiger partial charge in [0, 0.05) is 25.6 Å². The van der Waals surface area contributed by atoms with Gasteiger partial charge in [-0.15, -0.1) is 0 Å². The Bertz CT molecular complexity index is 587. The van der Waals surface area contributed by atoms with E-state index >= 15 is 0 Å². The Labute approximate surface area is 141 Å². The predicted octanol–water partition coefficient (Wildman–Crippen LogP) is 1.24. The van der Waals surface area contributed by atoms with E-state index in [4.69, 9.17) is 9.47 Å². The van der Waals surface area contributed by atoms with E-state index in [1.807, 2.05) is 4.90 Å². The number of hydrogen-bond donors (Lipinski definition) is 1. The first-order valence-electron chi connectivity index (χ1n) is 8.24. The Kier molecular flexibility index (Phi) is 4.90. The molecule has 1 unspecified atom stereocenters. The van der Waals surface area contributed by atoms with Crippen LogP contribution in [0.5, 0.6) is 0 Å². The van der Waals surface area contributed by atoms with E-state index < -0.39 is 5.41 Å². The third-order valence-electron chi connectivity index (χ3n) is 5.18. The first kappa shape index (κ1) is 17.3. The van der Waals surface area contributed by atoms with Crippen LogP contribution in [-0.4, -0.2) is 62.5 Å². The summed E-state index contributed by atoms with van der Waals surface area (Å²) in [6.07, 6.45) is 1.36. The van der Waals surface area contributed by atoms with Crippen LogP contribution in [-0.2, 0) is 20.7 Å². The second-order valence-corrected chi connectivity index (χ2v) is 7.14. The molecule has 3 rings (SSSR count). The van der Waals surface area contributed by atoms with Crippen LogP contribution in [0, 0.1) is 16.6 Å². The standard InChI is InChI=1S/C18H24FNO4/c1-23-11-18(12-24-13-18)16(22)20-7-6-17(9-20,10-21)8-14-2-4-15(19)5-3-14/h2-5,21H,6-13H2,1H3. The topological polar surface area (TPSA) is 59.0 Å². The van der Waals surface area contributed by atoms with Crippen molar-refractivity contribution in [3.05, 3.63) is 35.6 Å². The molecule has 0 spiro atoms. The summed E-state index contributed by atoms with van der Waals surface area (Å²) in [4.78, 5) is 14.7. The molecule has 1 amide bonds. The number of benzene rings is 1. The van der Waals surface area contributed by atoms with E-state index in [9.17, 15) is 14.3 Å². The van der Waals surface area contributed by atoms with Crippen molar-refractivity contribution in [3.8, 4) is 0 Å². The maximum Gasteiger partial charge on any atom is 0.235 e.